The van der Waals surface area contributed by atoms with E-state index in [4.69, 9.17) is 52.6 Å². The maximum absolute atomic E-state index is 15.3. The molecule has 0 spiro atoms. The summed E-state index contributed by atoms with van der Waals surface area (Å²) in [5.74, 6) is 1.45. The quantitative estimate of drug-likeness (QED) is 0.0845. The molecule has 4 heterocycles. The second kappa shape index (κ2) is 25.1. The number of fused-ring (bicyclic) bond motifs is 2. The number of ether oxygens (including phenoxy) is 5. The Morgan fingerprint density at radius 2 is 1.23 bits per heavy atom. The predicted molar refractivity (Wildman–Crippen MR) is 270 cm³/mol. The summed E-state index contributed by atoms with van der Waals surface area (Å²) in [4.78, 5) is 26.8. The highest BCUT2D eigenvalue weighted by atomic mass is 35.5. The first-order valence-electron chi connectivity index (χ1n) is 21.5. The van der Waals surface area contributed by atoms with Crippen LogP contribution < -0.4 is 34.7 Å². The Morgan fingerprint density at radius 3 is 1.80 bits per heavy atom. The van der Waals surface area contributed by atoms with Gasteiger partial charge in [0.2, 0.25) is 5.75 Å². The summed E-state index contributed by atoms with van der Waals surface area (Å²) in [6, 6.07) is 22.7. The molecule has 0 aliphatic heterocycles. The van der Waals surface area contributed by atoms with Gasteiger partial charge in [-0.3, -0.25) is 14.8 Å². The molecular formula is C52H52Cl2F2N6O8. The van der Waals surface area contributed by atoms with Gasteiger partial charge in [-0.05, 0) is 55.7 Å². The molecule has 0 bridgehead atoms. The molecule has 0 radical (unpaired) electrons. The first-order chi connectivity index (χ1) is 33.7. The number of nitrogen functional groups attached to an aromatic ring is 1. The van der Waals surface area contributed by atoms with Gasteiger partial charge in [0.25, 0.3) is 0 Å². The van der Waals surface area contributed by atoms with Crippen molar-refractivity contribution < 1.29 is 47.5 Å². The van der Waals surface area contributed by atoms with Crippen molar-refractivity contribution in [2.75, 3.05) is 46.6 Å². The van der Waals surface area contributed by atoms with Gasteiger partial charge in [0.1, 0.15) is 22.5 Å². The van der Waals surface area contributed by atoms with Crippen LogP contribution in [-0.4, -0.2) is 72.0 Å². The van der Waals surface area contributed by atoms with Gasteiger partial charge >= 0.3 is 0 Å². The van der Waals surface area contributed by atoms with Crippen LogP contribution in [0.15, 0.2) is 104 Å². The van der Waals surface area contributed by atoms with Gasteiger partial charge in [0.05, 0.1) is 57.2 Å². The topological polar surface area (TPSA) is 193 Å². The molecule has 0 saturated heterocycles. The van der Waals surface area contributed by atoms with Gasteiger partial charge in [-0.25, -0.2) is 18.7 Å². The number of rotatable bonds is 12. The van der Waals surface area contributed by atoms with Gasteiger partial charge in [0.15, 0.2) is 52.6 Å². The molecular weight excluding hydrogens is 946 g/mol. The third-order valence-corrected chi connectivity index (χ3v) is 11.4. The number of nitrogens with zero attached hydrogens (tertiary/aromatic N) is 4. The molecule has 0 amide bonds. The number of carbonyl (C=O) groups excluding carboxylic acids is 1. The van der Waals surface area contributed by atoms with Crippen LogP contribution in [0.2, 0.25) is 10.0 Å². The van der Waals surface area contributed by atoms with Crippen molar-refractivity contribution in [1.82, 2.24) is 19.9 Å². The van der Waals surface area contributed by atoms with Crippen LogP contribution in [0.1, 0.15) is 58.1 Å². The van der Waals surface area contributed by atoms with E-state index in [1.54, 1.807) is 55.9 Å². The van der Waals surface area contributed by atoms with Crippen LogP contribution in [-0.2, 0) is 12.8 Å². The number of hydrogen-bond acceptors (Lipinski definition) is 14. The molecule has 8 rings (SSSR count). The fourth-order valence-electron chi connectivity index (χ4n) is 7.28. The Balaban J connectivity index is 0.000000206. The van der Waals surface area contributed by atoms with Crippen LogP contribution >= 0.6 is 23.2 Å². The van der Waals surface area contributed by atoms with Crippen LogP contribution in [0.25, 0.3) is 21.8 Å². The zero-order chi connectivity index (χ0) is 51.1. The van der Waals surface area contributed by atoms with Gasteiger partial charge in [-0.1, -0.05) is 85.6 Å². The number of benzene rings is 4. The average Bonchev–Trinajstić information content (AvgIpc) is 3.38. The van der Waals surface area contributed by atoms with Crippen LogP contribution in [0.3, 0.4) is 0 Å². The van der Waals surface area contributed by atoms with Crippen LogP contribution in [0.4, 0.5) is 20.4 Å². The van der Waals surface area contributed by atoms with E-state index in [1.807, 2.05) is 63.2 Å². The highest BCUT2D eigenvalue weighted by Crippen LogP contribution is 2.44. The number of aryl methyl sites for hydroxylation is 1. The summed E-state index contributed by atoms with van der Waals surface area (Å²) < 4.78 is 54.8. The minimum absolute atomic E-state index is 0.00774. The van der Waals surface area contributed by atoms with Gasteiger partial charge in [0, 0.05) is 57.8 Å². The van der Waals surface area contributed by atoms with E-state index in [1.165, 1.54) is 40.8 Å². The second-order valence-corrected chi connectivity index (χ2v) is 15.6. The number of nitrogens with one attached hydrogen (secondary N) is 1. The van der Waals surface area contributed by atoms with Crippen molar-refractivity contribution >= 4 is 62.9 Å². The first-order valence-corrected chi connectivity index (χ1v) is 22.2. The van der Waals surface area contributed by atoms with E-state index in [-0.39, 0.29) is 28.2 Å². The fraction of sp³-hybridized carbons (Fsp3) is 0.212. The first kappa shape index (κ1) is 53.3. The third-order valence-electron chi connectivity index (χ3n) is 10.8. The highest BCUT2D eigenvalue weighted by molar-refractivity contribution is 6.31. The van der Waals surface area contributed by atoms with Crippen molar-refractivity contribution in [3.8, 4) is 40.2 Å². The van der Waals surface area contributed by atoms with E-state index in [0.717, 1.165) is 16.3 Å². The molecule has 70 heavy (non-hydrogen) atoms. The van der Waals surface area contributed by atoms with E-state index in [0.29, 0.717) is 91.7 Å². The lowest BCUT2D eigenvalue weighted by Crippen LogP contribution is -2.17. The minimum atomic E-state index is -0.747. The molecule has 4 aromatic heterocycles. The third kappa shape index (κ3) is 11.9. The number of nitrogens with two attached hydrogens (primary N) is 1. The summed E-state index contributed by atoms with van der Waals surface area (Å²) in [6.45, 7) is 5.53. The molecule has 5 N–H and O–H groups in total. The summed E-state index contributed by atoms with van der Waals surface area (Å²) >= 11 is 11.8. The molecule has 0 aliphatic rings. The number of pyridine rings is 4. The summed E-state index contributed by atoms with van der Waals surface area (Å²) in [5, 5.41) is 26.0. The lowest BCUT2D eigenvalue weighted by Gasteiger charge is -2.25. The number of anilines is 2. The van der Waals surface area contributed by atoms with E-state index < -0.39 is 17.7 Å². The average molecular weight is 998 g/mol. The molecule has 0 saturated carbocycles. The van der Waals surface area contributed by atoms with E-state index in [2.05, 4.69) is 25.3 Å². The summed E-state index contributed by atoms with van der Waals surface area (Å²) in [6.07, 6.45) is 7.69. The molecule has 0 aliphatic carbocycles. The molecule has 1 atom stereocenters. The minimum Gasteiger partial charge on any atom is -0.506 e. The van der Waals surface area contributed by atoms with Crippen molar-refractivity contribution in [3.05, 3.63) is 159 Å². The number of phenols is 2. The van der Waals surface area contributed by atoms with E-state index in [9.17, 15) is 19.4 Å². The monoisotopic (exact) mass is 996 g/mol. The second-order valence-electron chi connectivity index (χ2n) is 14.8. The number of hydrogen-bond donors (Lipinski definition) is 4. The van der Waals surface area contributed by atoms with Crippen LogP contribution in [0.5, 0.6) is 40.2 Å². The number of aldehydes is 1. The number of aromatic hydroxyl groups is 2. The van der Waals surface area contributed by atoms with Gasteiger partial charge in [-0.15, -0.1) is 0 Å². The maximum Gasteiger partial charge on any atom is 0.204 e. The normalized spacial score (nSPS) is 10.9. The number of aromatic nitrogens is 4. The molecule has 4 aromatic carbocycles. The number of carbonyl (C=O) groups is 1. The predicted octanol–water partition coefficient (Wildman–Crippen LogP) is 11.7. The Morgan fingerprint density at radius 1 is 0.657 bits per heavy atom. The van der Waals surface area contributed by atoms with Crippen molar-refractivity contribution in [1.29, 1.82) is 0 Å². The molecule has 8 aromatic rings. The van der Waals surface area contributed by atoms with Crippen molar-refractivity contribution in [3.63, 3.8) is 0 Å². The van der Waals surface area contributed by atoms with Crippen molar-refractivity contribution in [2.45, 2.75) is 39.7 Å². The standard InChI is InChI=1S/C26H25ClFN3O3.C10H12O4.C9H7NO.C7H8ClFN2/c1-5-16-19(27)13-30-26(20(16)28)31-22(18-10-8-14(2)24(33-3)25(18)34-4)17-11-9-15-7-6-12-29-21(15)23(17)32;1-12-8-5-4-7(6-11)9(13-2)10(8)14-3;11-8-5-1-3-7-4-2-6-10-9(7)8;1-2-4-5(8)3-11-7(10)6(4)9/h6-13,22,32H,5H2,1-4H3,(H,30,31);4-6H,1-3H3;1-6,11H;3H,2H2,1H3,(H2,10,11). The molecule has 18 heteroatoms. The Labute approximate surface area is 414 Å². The maximum atomic E-state index is 15.3. The van der Waals surface area contributed by atoms with Gasteiger partial charge in [-0.2, -0.15) is 0 Å². The van der Waals surface area contributed by atoms with Crippen LogP contribution in [0, 0.1) is 18.6 Å². The van der Waals surface area contributed by atoms with Gasteiger partial charge < -0.3 is 44.9 Å². The van der Waals surface area contributed by atoms with E-state index >= 15 is 4.39 Å². The summed E-state index contributed by atoms with van der Waals surface area (Å²) in [7, 11) is 7.59. The number of methoxy groups -OCH3 is 5. The molecule has 14 nitrogen and oxygen atoms in total. The number of para-hydroxylation sites is 1. The van der Waals surface area contributed by atoms with Crippen molar-refractivity contribution in [2.24, 2.45) is 0 Å². The highest BCUT2D eigenvalue weighted by Gasteiger charge is 2.28. The zero-order valence-corrected chi connectivity index (χ0v) is 41.1. The molecule has 1 unspecified atom stereocenters. The molecule has 366 valence electrons. The summed E-state index contributed by atoms with van der Waals surface area (Å²) in [5.41, 5.74) is 9.52. The largest absolute Gasteiger partial charge is 0.506 e. The zero-order valence-electron chi connectivity index (χ0n) is 39.6. The fourth-order valence-corrected chi connectivity index (χ4v) is 7.81. The lowest BCUT2D eigenvalue weighted by atomic mass is 9.94. The number of phenolic OH excluding ortho intramolecular Hbond substituents is 2. The Hall–Kier alpha value is -7.69. The lowest BCUT2D eigenvalue weighted by molar-refractivity contribution is 0.111. The Kier molecular flexibility index (Phi) is 19.1. The molecule has 0 fully saturated rings. The number of halogens is 4. The Bertz CT molecular complexity index is 3090. The smallest absolute Gasteiger partial charge is 0.204 e. The SMILES string of the molecule is CCc1c(Cl)cnc(N)c1F.CCc1c(Cl)cnc(NC(c2ccc(C)c(OC)c2OC)c2ccc3cccnc3c2O)c1F.COc1ccc(C=O)c(OC)c1OC.Oc1cccc2cccnc12.